The lowest BCUT2D eigenvalue weighted by atomic mass is 10.0. The van der Waals surface area contributed by atoms with Gasteiger partial charge in [-0.3, -0.25) is 9.78 Å². The van der Waals surface area contributed by atoms with E-state index in [1.165, 1.54) is 0 Å². The van der Waals surface area contributed by atoms with E-state index in [0.717, 1.165) is 24.8 Å². The van der Waals surface area contributed by atoms with Gasteiger partial charge >= 0.3 is 5.97 Å². The molecule has 0 bridgehead atoms. The van der Waals surface area contributed by atoms with Gasteiger partial charge in [0.15, 0.2) is 0 Å². The number of carbonyl (C=O) groups is 1. The molecule has 0 aliphatic heterocycles. The number of nitrogens with two attached hydrogens (primary N) is 1. The van der Waals surface area contributed by atoms with Crippen molar-refractivity contribution in [2.75, 3.05) is 5.73 Å². The number of carboxylic acids is 1. The van der Waals surface area contributed by atoms with Gasteiger partial charge in [0.05, 0.1) is 5.56 Å². The Bertz CT molecular complexity index is 721. The standard InChI is InChI=1S/C16H19N3O3.C2H6/c1-10-13(14(20)19-16(17)18-10)5-3-2-4-11-6-8-12(9-7-11)15(21)22;1-2/h6-9H,2-5H2,1H3,(H,21,22)(H3,17,18,19,20);1-2H3. The summed E-state index contributed by atoms with van der Waals surface area (Å²) in [6.45, 7) is 5.78. The minimum atomic E-state index is -0.919. The van der Waals surface area contributed by atoms with Crippen LogP contribution in [0.5, 0.6) is 0 Å². The van der Waals surface area contributed by atoms with Gasteiger partial charge in [-0.15, -0.1) is 0 Å². The maximum Gasteiger partial charge on any atom is 0.335 e. The smallest absolute Gasteiger partial charge is 0.335 e. The SMILES string of the molecule is CC.Cc1nc(N)[nH]c(=O)c1CCCCc1ccc(C(=O)O)cc1. The van der Waals surface area contributed by atoms with E-state index in [2.05, 4.69) is 9.97 Å². The quantitative estimate of drug-likeness (QED) is 0.705. The molecule has 0 fully saturated rings. The van der Waals surface area contributed by atoms with Gasteiger partial charge in [-0.1, -0.05) is 26.0 Å². The summed E-state index contributed by atoms with van der Waals surface area (Å²) in [4.78, 5) is 29.1. The number of nitrogen functional groups attached to an aromatic ring is 1. The van der Waals surface area contributed by atoms with Gasteiger partial charge in [0.1, 0.15) is 0 Å². The van der Waals surface area contributed by atoms with E-state index in [4.69, 9.17) is 10.8 Å². The first kappa shape index (κ1) is 19.4. The molecule has 0 spiro atoms. The fraction of sp³-hybridized carbons (Fsp3) is 0.389. The van der Waals surface area contributed by atoms with Crippen molar-refractivity contribution in [2.24, 2.45) is 0 Å². The first-order valence-corrected chi connectivity index (χ1v) is 8.15. The van der Waals surface area contributed by atoms with Gasteiger partial charge in [-0.05, 0) is 50.3 Å². The normalized spacial score (nSPS) is 9.96. The van der Waals surface area contributed by atoms with Gasteiger partial charge in [-0.25, -0.2) is 9.78 Å². The molecular formula is C18H25N3O3. The monoisotopic (exact) mass is 331 g/mol. The van der Waals surface area contributed by atoms with Crippen molar-refractivity contribution in [1.82, 2.24) is 9.97 Å². The third-order valence-electron chi connectivity index (χ3n) is 3.58. The number of nitrogens with one attached hydrogen (secondary N) is 1. The molecule has 0 amide bonds. The molecule has 0 saturated carbocycles. The maximum atomic E-state index is 11.8. The van der Waals surface area contributed by atoms with Crippen molar-refractivity contribution < 1.29 is 9.90 Å². The van der Waals surface area contributed by atoms with E-state index in [9.17, 15) is 9.59 Å². The van der Waals surface area contributed by atoms with E-state index >= 15 is 0 Å². The van der Waals surface area contributed by atoms with Crippen molar-refractivity contribution in [1.29, 1.82) is 0 Å². The zero-order valence-electron chi connectivity index (χ0n) is 14.4. The fourth-order valence-corrected chi connectivity index (χ4v) is 2.37. The summed E-state index contributed by atoms with van der Waals surface area (Å²) in [5.41, 5.74) is 8.04. The van der Waals surface area contributed by atoms with Crippen LogP contribution in [-0.4, -0.2) is 21.0 Å². The summed E-state index contributed by atoms with van der Waals surface area (Å²) >= 11 is 0. The molecule has 6 nitrogen and oxygen atoms in total. The molecule has 1 heterocycles. The molecule has 0 unspecified atom stereocenters. The van der Waals surface area contributed by atoms with Gasteiger partial charge < -0.3 is 10.8 Å². The lowest BCUT2D eigenvalue weighted by molar-refractivity contribution is 0.0697. The average Bonchev–Trinajstić information content (AvgIpc) is 2.55. The zero-order chi connectivity index (χ0) is 18.1. The largest absolute Gasteiger partial charge is 0.478 e. The van der Waals surface area contributed by atoms with Crippen molar-refractivity contribution in [2.45, 2.75) is 46.5 Å². The summed E-state index contributed by atoms with van der Waals surface area (Å²) in [7, 11) is 0. The second kappa shape index (κ2) is 9.50. The molecule has 0 atom stereocenters. The molecule has 2 aromatic rings. The number of nitrogens with zero attached hydrogens (tertiary/aromatic N) is 1. The highest BCUT2D eigenvalue weighted by Gasteiger charge is 2.07. The average molecular weight is 331 g/mol. The third-order valence-corrected chi connectivity index (χ3v) is 3.58. The number of aromatic carboxylic acids is 1. The molecule has 1 aromatic heterocycles. The second-order valence-electron chi connectivity index (χ2n) is 5.22. The number of H-pyrrole nitrogens is 1. The van der Waals surface area contributed by atoms with Crippen molar-refractivity contribution in [3.05, 3.63) is 57.0 Å². The van der Waals surface area contributed by atoms with Gasteiger partial charge in [-0.2, -0.15) is 0 Å². The number of unbranched alkanes of at least 4 members (excludes halogenated alkanes) is 1. The van der Waals surface area contributed by atoms with Crippen LogP contribution >= 0.6 is 0 Å². The first-order chi connectivity index (χ1) is 11.5. The number of aryl methyl sites for hydroxylation is 2. The van der Waals surface area contributed by atoms with Crippen LogP contribution in [0.2, 0.25) is 0 Å². The molecule has 6 heteroatoms. The Hall–Kier alpha value is -2.63. The highest BCUT2D eigenvalue weighted by Crippen LogP contribution is 2.10. The minimum absolute atomic E-state index is 0.143. The molecule has 4 N–H and O–H groups in total. The lowest BCUT2D eigenvalue weighted by Gasteiger charge is -2.05. The molecule has 24 heavy (non-hydrogen) atoms. The van der Waals surface area contributed by atoms with Crippen LogP contribution < -0.4 is 11.3 Å². The Labute approximate surface area is 141 Å². The predicted octanol–water partition coefficient (Wildman–Crippen LogP) is 2.95. The van der Waals surface area contributed by atoms with E-state index in [-0.39, 0.29) is 11.5 Å². The van der Waals surface area contributed by atoms with Crippen LogP contribution in [0.15, 0.2) is 29.1 Å². The number of aromatic amines is 1. The van der Waals surface area contributed by atoms with Crippen molar-refractivity contribution in [3.63, 3.8) is 0 Å². The van der Waals surface area contributed by atoms with E-state index < -0.39 is 5.97 Å². The van der Waals surface area contributed by atoms with Crippen LogP contribution in [0.1, 0.15) is 53.9 Å². The number of rotatable bonds is 6. The zero-order valence-corrected chi connectivity index (χ0v) is 14.4. The van der Waals surface area contributed by atoms with E-state index in [1.807, 2.05) is 26.0 Å². The molecule has 0 saturated heterocycles. The van der Waals surface area contributed by atoms with E-state index in [0.29, 0.717) is 23.2 Å². The fourth-order valence-electron chi connectivity index (χ4n) is 2.37. The van der Waals surface area contributed by atoms with Gasteiger partial charge in [0.25, 0.3) is 5.56 Å². The Morgan fingerprint density at radius 3 is 2.29 bits per heavy atom. The molecule has 0 radical (unpaired) electrons. The van der Waals surface area contributed by atoms with Crippen LogP contribution in [-0.2, 0) is 12.8 Å². The van der Waals surface area contributed by atoms with Crippen LogP contribution in [0, 0.1) is 6.92 Å². The van der Waals surface area contributed by atoms with Gasteiger partial charge in [0, 0.05) is 11.3 Å². The van der Waals surface area contributed by atoms with E-state index in [1.54, 1.807) is 19.1 Å². The highest BCUT2D eigenvalue weighted by molar-refractivity contribution is 5.87. The van der Waals surface area contributed by atoms with Crippen LogP contribution in [0.4, 0.5) is 5.95 Å². The summed E-state index contributed by atoms with van der Waals surface area (Å²) in [5.74, 6) is -0.776. The summed E-state index contributed by atoms with van der Waals surface area (Å²) in [6, 6.07) is 6.87. The van der Waals surface area contributed by atoms with Crippen LogP contribution in [0.3, 0.4) is 0 Å². The number of hydrogen-bond donors (Lipinski definition) is 3. The molecule has 0 aliphatic carbocycles. The minimum Gasteiger partial charge on any atom is -0.478 e. The summed E-state index contributed by atoms with van der Waals surface area (Å²) in [6.07, 6.45) is 3.27. The number of benzene rings is 1. The molecular weight excluding hydrogens is 306 g/mol. The highest BCUT2D eigenvalue weighted by atomic mass is 16.4. The number of hydrogen-bond acceptors (Lipinski definition) is 4. The number of anilines is 1. The maximum absolute atomic E-state index is 11.8. The Morgan fingerprint density at radius 1 is 1.17 bits per heavy atom. The van der Waals surface area contributed by atoms with Crippen molar-refractivity contribution in [3.8, 4) is 0 Å². The Kier molecular flexibility index (Phi) is 7.68. The lowest BCUT2D eigenvalue weighted by Crippen LogP contribution is -2.18. The topological polar surface area (TPSA) is 109 Å². The molecule has 2 rings (SSSR count). The molecule has 1 aromatic carbocycles. The van der Waals surface area contributed by atoms with Gasteiger partial charge in [0.2, 0.25) is 5.95 Å². The Balaban J connectivity index is 0.00000139. The van der Waals surface area contributed by atoms with Crippen molar-refractivity contribution >= 4 is 11.9 Å². The Morgan fingerprint density at radius 2 is 1.75 bits per heavy atom. The second-order valence-corrected chi connectivity index (χ2v) is 5.22. The summed E-state index contributed by atoms with van der Waals surface area (Å²) in [5, 5.41) is 8.84. The molecule has 130 valence electrons. The third kappa shape index (κ3) is 5.53. The summed E-state index contributed by atoms with van der Waals surface area (Å²) < 4.78 is 0. The first-order valence-electron chi connectivity index (χ1n) is 8.15. The predicted molar refractivity (Wildman–Crippen MR) is 95.4 cm³/mol. The number of carboxylic acid groups (broad SMARTS) is 1. The number of aromatic nitrogens is 2. The molecule has 0 aliphatic rings. The van der Waals surface area contributed by atoms with Crippen LogP contribution in [0.25, 0.3) is 0 Å².